The van der Waals surface area contributed by atoms with Gasteiger partial charge >= 0.3 is 0 Å². The summed E-state index contributed by atoms with van der Waals surface area (Å²) in [6.45, 7) is 2.18. The van der Waals surface area contributed by atoms with Crippen LogP contribution in [0.2, 0.25) is 0 Å². The lowest BCUT2D eigenvalue weighted by Gasteiger charge is -2.09. The van der Waals surface area contributed by atoms with E-state index in [0.717, 1.165) is 12.1 Å². The highest BCUT2D eigenvalue weighted by atomic mass is 14.7. The van der Waals surface area contributed by atoms with Crippen LogP contribution in [0.4, 0.5) is 0 Å². The molecule has 3 aromatic carbocycles. The fourth-order valence-corrected chi connectivity index (χ4v) is 3.07. The van der Waals surface area contributed by atoms with E-state index in [1.54, 1.807) is 0 Å². The van der Waals surface area contributed by atoms with Gasteiger partial charge < -0.3 is 0 Å². The maximum absolute atomic E-state index is 4.64. The Kier molecular flexibility index (Phi) is 3.12. The lowest BCUT2D eigenvalue weighted by molar-refractivity contribution is 1.14. The predicted octanol–water partition coefficient (Wildman–Crippen LogP) is 5.62. The van der Waals surface area contributed by atoms with Crippen molar-refractivity contribution in [1.82, 2.24) is 4.98 Å². The van der Waals surface area contributed by atoms with Crippen molar-refractivity contribution in [2.75, 3.05) is 0 Å². The molecule has 1 nitrogen and oxygen atoms in total. The molecule has 0 radical (unpaired) electrons. The topological polar surface area (TPSA) is 12.9 Å². The highest BCUT2D eigenvalue weighted by molar-refractivity contribution is 6.11. The van der Waals surface area contributed by atoms with E-state index >= 15 is 0 Å². The molecule has 1 heteroatoms. The number of rotatable bonds is 2. The summed E-state index contributed by atoms with van der Waals surface area (Å²) >= 11 is 0. The Labute approximate surface area is 130 Å². The molecule has 4 rings (SSSR count). The minimum Gasteiger partial charge on any atom is -0.256 e. The van der Waals surface area contributed by atoms with Gasteiger partial charge in [0.1, 0.15) is 0 Å². The van der Waals surface area contributed by atoms with Crippen molar-refractivity contribution in [2.24, 2.45) is 0 Å². The molecule has 0 bridgehead atoms. The van der Waals surface area contributed by atoms with Gasteiger partial charge in [0, 0.05) is 17.1 Å². The van der Waals surface area contributed by atoms with Crippen molar-refractivity contribution in [1.29, 1.82) is 0 Å². The molecule has 4 aromatic rings. The second-order valence-electron chi connectivity index (χ2n) is 5.59. The van der Waals surface area contributed by atoms with Gasteiger partial charge in [-0.15, -0.1) is 0 Å². The summed E-state index contributed by atoms with van der Waals surface area (Å²) in [6, 6.07) is 23.7. The third-order valence-corrected chi connectivity index (χ3v) is 4.31. The minimum absolute atomic E-state index is 1.06. The highest BCUT2D eigenvalue weighted by Crippen LogP contribution is 2.31. The Morgan fingerprint density at radius 2 is 1.55 bits per heavy atom. The lowest BCUT2D eigenvalue weighted by atomic mass is 9.98. The van der Waals surface area contributed by atoms with Crippen LogP contribution in [0.25, 0.3) is 32.8 Å². The van der Waals surface area contributed by atoms with Gasteiger partial charge in [-0.25, -0.2) is 0 Å². The third kappa shape index (κ3) is 2.06. The number of aromatic nitrogens is 1. The molecular formula is C21H17N. The molecule has 0 fully saturated rings. The Morgan fingerprint density at radius 3 is 2.36 bits per heavy atom. The number of aryl methyl sites for hydroxylation is 1. The maximum atomic E-state index is 4.64. The Hall–Kier alpha value is -2.67. The molecule has 0 aliphatic carbocycles. The molecule has 0 amide bonds. The van der Waals surface area contributed by atoms with Gasteiger partial charge in [-0.2, -0.15) is 0 Å². The quantitative estimate of drug-likeness (QED) is 0.435. The predicted molar refractivity (Wildman–Crippen MR) is 94.1 cm³/mol. The van der Waals surface area contributed by atoms with Crippen LogP contribution in [0.3, 0.4) is 0 Å². The van der Waals surface area contributed by atoms with Crippen LogP contribution in [0, 0.1) is 0 Å². The van der Waals surface area contributed by atoms with Gasteiger partial charge in [-0.3, -0.25) is 4.98 Å². The van der Waals surface area contributed by atoms with Crippen LogP contribution in [-0.4, -0.2) is 4.98 Å². The molecule has 1 heterocycles. The number of pyridine rings is 1. The molecule has 0 saturated carbocycles. The fourth-order valence-electron chi connectivity index (χ4n) is 3.07. The summed E-state index contributed by atoms with van der Waals surface area (Å²) in [6.07, 6.45) is 2.98. The molecule has 0 spiro atoms. The zero-order chi connectivity index (χ0) is 14.9. The van der Waals surface area contributed by atoms with Crippen LogP contribution in [0.5, 0.6) is 0 Å². The zero-order valence-electron chi connectivity index (χ0n) is 12.6. The average molecular weight is 283 g/mol. The van der Waals surface area contributed by atoms with Gasteiger partial charge in [0.2, 0.25) is 0 Å². The highest BCUT2D eigenvalue weighted by Gasteiger charge is 2.07. The molecule has 0 unspecified atom stereocenters. The van der Waals surface area contributed by atoms with Crippen molar-refractivity contribution in [3.05, 3.63) is 78.5 Å². The maximum Gasteiger partial charge on any atom is 0.0780 e. The molecule has 0 atom stereocenters. The average Bonchev–Trinajstić information content (AvgIpc) is 2.61. The van der Waals surface area contributed by atoms with E-state index in [4.69, 9.17) is 0 Å². The van der Waals surface area contributed by atoms with Gasteiger partial charge in [0.15, 0.2) is 0 Å². The normalized spacial score (nSPS) is 11.1. The monoisotopic (exact) mass is 283 g/mol. The molecule has 0 saturated heterocycles. The van der Waals surface area contributed by atoms with Gasteiger partial charge in [0.25, 0.3) is 0 Å². The van der Waals surface area contributed by atoms with E-state index in [1.165, 1.54) is 32.7 Å². The van der Waals surface area contributed by atoms with E-state index in [0.29, 0.717) is 0 Å². The SMILES string of the molecule is CCc1ccc(-c2nccc3c2ccc2ccccc23)cc1. The van der Waals surface area contributed by atoms with E-state index in [1.807, 2.05) is 6.20 Å². The Balaban J connectivity index is 1.99. The van der Waals surface area contributed by atoms with Crippen LogP contribution >= 0.6 is 0 Å². The molecule has 0 aliphatic heterocycles. The Morgan fingerprint density at radius 1 is 0.727 bits per heavy atom. The first-order chi connectivity index (χ1) is 10.9. The summed E-state index contributed by atoms with van der Waals surface area (Å²) in [5.41, 5.74) is 3.60. The van der Waals surface area contributed by atoms with Gasteiger partial charge in [-0.05, 0) is 34.2 Å². The summed E-state index contributed by atoms with van der Waals surface area (Å²) in [5.74, 6) is 0. The second kappa shape index (κ2) is 5.27. The van der Waals surface area contributed by atoms with Crippen molar-refractivity contribution < 1.29 is 0 Å². The number of hydrogen-bond acceptors (Lipinski definition) is 1. The summed E-state index contributed by atoms with van der Waals surface area (Å²) in [7, 11) is 0. The van der Waals surface area contributed by atoms with Crippen molar-refractivity contribution in [3.8, 4) is 11.3 Å². The van der Waals surface area contributed by atoms with Crippen LogP contribution in [0.1, 0.15) is 12.5 Å². The summed E-state index contributed by atoms with van der Waals surface area (Å²) in [4.78, 5) is 4.64. The fraction of sp³-hybridized carbons (Fsp3) is 0.0952. The van der Waals surface area contributed by atoms with E-state index in [9.17, 15) is 0 Å². The first-order valence-corrected chi connectivity index (χ1v) is 7.72. The molecule has 106 valence electrons. The molecule has 22 heavy (non-hydrogen) atoms. The van der Waals surface area contributed by atoms with Crippen LogP contribution in [0.15, 0.2) is 72.9 Å². The zero-order valence-corrected chi connectivity index (χ0v) is 12.6. The molecule has 1 aromatic heterocycles. The first-order valence-electron chi connectivity index (χ1n) is 7.72. The van der Waals surface area contributed by atoms with E-state index in [-0.39, 0.29) is 0 Å². The lowest BCUT2D eigenvalue weighted by Crippen LogP contribution is -1.88. The van der Waals surface area contributed by atoms with Crippen molar-refractivity contribution in [2.45, 2.75) is 13.3 Å². The van der Waals surface area contributed by atoms with Crippen molar-refractivity contribution >= 4 is 21.5 Å². The third-order valence-electron chi connectivity index (χ3n) is 4.31. The van der Waals surface area contributed by atoms with Crippen LogP contribution in [-0.2, 0) is 6.42 Å². The second-order valence-corrected chi connectivity index (χ2v) is 5.59. The number of hydrogen-bond donors (Lipinski definition) is 0. The van der Waals surface area contributed by atoms with Gasteiger partial charge in [0.05, 0.1) is 5.69 Å². The smallest absolute Gasteiger partial charge is 0.0780 e. The standard InChI is InChI=1S/C21H17N/c1-2-15-7-9-17(10-8-15)21-20-12-11-16-5-3-4-6-18(16)19(20)13-14-22-21/h3-14H,2H2,1H3. The number of nitrogens with zero attached hydrogens (tertiary/aromatic N) is 1. The first kappa shape index (κ1) is 13.0. The van der Waals surface area contributed by atoms with Gasteiger partial charge in [-0.1, -0.05) is 67.6 Å². The van der Waals surface area contributed by atoms with Crippen LogP contribution < -0.4 is 0 Å². The number of fused-ring (bicyclic) bond motifs is 3. The Bertz CT molecular complexity index is 952. The molecular weight excluding hydrogens is 266 g/mol. The minimum atomic E-state index is 1.06. The number of benzene rings is 3. The summed E-state index contributed by atoms with van der Waals surface area (Å²) in [5, 5.41) is 5.04. The van der Waals surface area contributed by atoms with E-state index in [2.05, 4.69) is 78.6 Å². The molecule has 0 N–H and O–H groups in total. The largest absolute Gasteiger partial charge is 0.256 e. The summed E-state index contributed by atoms with van der Waals surface area (Å²) < 4.78 is 0. The van der Waals surface area contributed by atoms with Crippen molar-refractivity contribution in [3.63, 3.8) is 0 Å². The van der Waals surface area contributed by atoms with E-state index < -0.39 is 0 Å². The molecule has 0 aliphatic rings.